The SMILES string of the molecule is CCCCCCCCCCCCCCCCS(=O)(=O)Nc1ccc(-n2[nH]c(NC(=O)c3ccccc3)c(-n3cccn3)c2=O)cc1. The molecule has 0 atom stereocenters. The number of H-pyrrole nitrogens is 1. The molecule has 0 saturated heterocycles. The summed E-state index contributed by atoms with van der Waals surface area (Å²) in [4.78, 5) is 26.3. The van der Waals surface area contributed by atoms with Crippen molar-refractivity contribution >= 4 is 27.4 Å². The van der Waals surface area contributed by atoms with E-state index in [-0.39, 0.29) is 23.2 Å². The van der Waals surface area contributed by atoms with Crippen LogP contribution in [0.15, 0.2) is 77.9 Å². The predicted molar refractivity (Wildman–Crippen MR) is 186 cm³/mol. The lowest BCUT2D eigenvalue weighted by Crippen LogP contribution is -2.19. The molecule has 0 aliphatic carbocycles. The van der Waals surface area contributed by atoms with Gasteiger partial charge in [0.2, 0.25) is 10.0 Å². The Kier molecular flexibility index (Phi) is 13.7. The molecule has 1 amide bonds. The van der Waals surface area contributed by atoms with Crippen LogP contribution in [0.5, 0.6) is 0 Å². The number of benzene rings is 2. The van der Waals surface area contributed by atoms with Crippen molar-refractivity contribution in [3.8, 4) is 11.4 Å². The smallest absolute Gasteiger partial charge is 0.299 e. The zero-order chi connectivity index (χ0) is 32.6. The first kappa shape index (κ1) is 34.7. The largest absolute Gasteiger partial charge is 0.305 e. The third-order valence-corrected chi connectivity index (χ3v) is 9.41. The molecule has 0 fully saturated rings. The molecule has 2 heterocycles. The van der Waals surface area contributed by atoms with Crippen LogP contribution < -0.4 is 15.6 Å². The molecule has 4 rings (SSSR count). The van der Waals surface area contributed by atoms with E-state index in [2.05, 4.69) is 27.2 Å². The summed E-state index contributed by atoms with van der Waals surface area (Å²) in [6.07, 6.45) is 20.1. The van der Waals surface area contributed by atoms with Gasteiger partial charge in [0, 0.05) is 23.6 Å². The van der Waals surface area contributed by atoms with Crippen molar-refractivity contribution in [2.24, 2.45) is 0 Å². The van der Waals surface area contributed by atoms with Crippen molar-refractivity contribution in [3.05, 3.63) is 89.0 Å². The summed E-state index contributed by atoms with van der Waals surface area (Å²) in [7, 11) is -3.49. The van der Waals surface area contributed by atoms with Crippen LogP contribution in [-0.2, 0) is 10.0 Å². The van der Waals surface area contributed by atoms with Crippen LogP contribution in [0.2, 0.25) is 0 Å². The number of aromatic amines is 1. The number of nitrogens with zero attached hydrogens (tertiary/aromatic N) is 3. The molecule has 10 nitrogen and oxygen atoms in total. The van der Waals surface area contributed by atoms with E-state index in [1.807, 2.05) is 6.07 Å². The highest BCUT2D eigenvalue weighted by Gasteiger charge is 2.20. The van der Waals surface area contributed by atoms with Gasteiger partial charge in [-0.2, -0.15) is 5.10 Å². The normalized spacial score (nSPS) is 11.5. The monoisotopic (exact) mass is 648 g/mol. The van der Waals surface area contributed by atoms with Crippen molar-refractivity contribution in [1.29, 1.82) is 0 Å². The molecule has 2 aromatic heterocycles. The Morgan fingerprint density at radius 1 is 0.783 bits per heavy atom. The number of aromatic nitrogens is 4. The average Bonchev–Trinajstić information content (AvgIpc) is 3.69. The summed E-state index contributed by atoms with van der Waals surface area (Å²) in [5, 5.41) is 9.91. The maximum absolute atomic E-state index is 13.4. The molecule has 0 aliphatic heterocycles. The summed E-state index contributed by atoms with van der Waals surface area (Å²) in [5.41, 5.74) is 1.03. The van der Waals surface area contributed by atoms with Gasteiger partial charge in [-0.05, 0) is 48.9 Å². The van der Waals surface area contributed by atoms with Crippen LogP contribution in [0.25, 0.3) is 11.4 Å². The number of hydrogen-bond donors (Lipinski definition) is 3. The van der Waals surface area contributed by atoms with Gasteiger partial charge in [-0.3, -0.25) is 19.4 Å². The van der Waals surface area contributed by atoms with E-state index in [9.17, 15) is 18.0 Å². The highest BCUT2D eigenvalue weighted by Crippen LogP contribution is 2.20. The van der Waals surface area contributed by atoms with Gasteiger partial charge >= 0.3 is 0 Å². The summed E-state index contributed by atoms with van der Waals surface area (Å²) in [5.74, 6) is -0.132. The molecular weight excluding hydrogens is 600 g/mol. The molecule has 0 spiro atoms. The fourth-order valence-corrected chi connectivity index (χ4v) is 6.66. The second kappa shape index (κ2) is 18.1. The fraction of sp³-hybridized carbons (Fsp3) is 0.457. The molecule has 248 valence electrons. The Morgan fingerprint density at radius 2 is 1.37 bits per heavy atom. The number of carbonyl (C=O) groups excluding carboxylic acids is 1. The topological polar surface area (TPSA) is 131 Å². The maximum Gasteiger partial charge on any atom is 0.299 e. The van der Waals surface area contributed by atoms with Crippen LogP contribution in [0.1, 0.15) is 107 Å². The van der Waals surface area contributed by atoms with Gasteiger partial charge in [0.05, 0.1) is 11.4 Å². The second-order valence-corrected chi connectivity index (χ2v) is 13.7. The zero-order valence-electron chi connectivity index (χ0n) is 26.9. The molecule has 0 aliphatic rings. The van der Waals surface area contributed by atoms with Gasteiger partial charge in [-0.15, -0.1) is 0 Å². The van der Waals surface area contributed by atoms with Crippen LogP contribution in [0.3, 0.4) is 0 Å². The molecule has 0 radical (unpaired) electrons. The van der Waals surface area contributed by atoms with Gasteiger partial charge in [-0.25, -0.2) is 17.8 Å². The first-order chi connectivity index (χ1) is 22.4. The van der Waals surface area contributed by atoms with Crippen molar-refractivity contribution in [3.63, 3.8) is 0 Å². The summed E-state index contributed by atoms with van der Waals surface area (Å²) in [6.45, 7) is 2.25. The standard InChI is InChI=1S/C35H48N6O4S/c1-2-3-4-5-6-7-8-9-10-11-12-13-14-18-28-46(44,45)39-30-22-24-31(25-23-30)41-35(43)32(40-27-19-26-36-40)33(38-41)37-34(42)29-20-16-15-17-21-29/h15-17,19-27,38-39H,2-14,18,28H2,1H3,(H,37,42). The Morgan fingerprint density at radius 3 is 1.93 bits per heavy atom. The lowest BCUT2D eigenvalue weighted by Gasteiger charge is -2.09. The fourth-order valence-electron chi connectivity index (χ4n) is 5.48. The van der Waals surface area contributed by atoms with E-state index < -0.39 is 15.6 Å². The summed E-state index contributed by atoms with van der Waals surface area (Å²) in [6, 6.07) is 16.9. The Balaban J connectivity index is 1.24. The van der Waals surface area contributed by atoms with Crippen LogP contribution in [0, 0.1) is 0 Å². The number of anilines is 2. The van der Waals surface area contributed by atoms with Crippen molar-refractivity contribution < 1.29 is 13.2 Å². The van der Waals surface area contributed by atoms with E-state index in [0.29, 0.717) is 23.4 Å². The third-order valence-electron chi connectivity index (χ3n) is 8.04. The van der Waals surface area contributed by atoms with E-state index >= 15 is 0 Å². The molecule has 4 aromatic rings. The van der Waals surface area contributed by atoms with Crippen LogP contribution >= 0.6 is 0 Å². The van der Waals surface area contributed by atoms with Gasteiger partial charge in [-0.1, -0.05) is 109 Å². The highest BCUT2D eigenvalue weighted by atomic mass is 32.2. The van der Waals surface area contributed by atoms with Gasteiger partial charge in [0.1, 0.15) is 0 Å². The molecular formula is C35H48N6O4S. The Bertz CT molecular complexity index is 1630. The molecule has 0 unspecified atom stereocenters. The minimum atomic E-state index is -3.49. The number of carbonyl (C=O) groups is 1. The predicted octanol–water partition coefficient (Wildman–Crippen LogP) is 7.83. The second-order valence-electron chi connectivity index (χ2n) is 11.8. The molecule has 3 N–H and O–H groups in total. The quantitative estimate of drug-likeness (QED) is 0.0793. The number of rotatable bonds is 21. The number of unbranched alkanes of at least 4 members (excludes halogenated alkanes) is 13. The minimum Gasteiger partial charge on any atom is -0.305 e. The van der Waals surface area contributed by atoms with Crippen LogP contribution in [-0.4, -0.2) is 39.6 Å². The van der Waals surface area contributed by atoms with E-state index in [1.165, 1.54) is 73.6 Å². The molecule has 11 heteroatoms. The average molecular weight is 649 g/mol. The lowest BCUT2D eigenvalue weighted by molar-refractivity contribution is 0.102. The minimum absolute atomic E-state index is 0.0700. The third kappa shape index (κ3) is 10.8. The lowest BCUT2D eigenvalue weighted by atomic mass is 10.0. The molecule has 2 aromatic carbocycles. The van der Waals surface area contributed by atoms with Gasteiger partial charge < -0.3 is 5.32 Å². The maximum atomic E-state index is 13.4. The first-order valence-corrected chi connectivity index (χ1v) is 18.4. The van der Waals surface area contributed by atoms with E-state index in [1.54, 1.807) is 67.0 Å². The summed E-state index contributed by atoms with van der Waals surface area (Å²) < 4.78 is 30.7. The molecule has 0 bridgehead atoms. The number of nitrogens with one attached hydrogen (secondary N) is 3. The van der Waals surface area contributed by atoms with Crippen LogP contribution in [0.4, 0.5) is 11.5 Å². The summed E-state index contributed by atoms with van der Waals surface area (Å²) >= 11 is 0. The van der Waals surface area contributed by atoms with E-state index in [4.69, 9.17) is 0 Å². The van der Waals surface area contributed by atoms with Crippen molar-refractivity contribution in [1.82, 2.24) is 19.6 Å². The number of hydrogen-bond acceptors (Lipinski definition) is 5. The van der Waals surface area contributed by atoms with Gasteiger partial charge in [0.25, 0.3) is 11.5 Å². The Hall–Kier alpha value is -4.12. The molecule has 0 saturated carbocycles. The van der Waals surface area contributed by atoms with Gasteiger partial charge in [0.15, 0.2) is 11.5 Å². The van der Waals surface area contributed by atoms with Crippen molar-refractivity contribution in [2.75, 3.05) is 15.8 Å². The van der Waals surface area contributed by atoms with Crippen molar-refractivity contribution in [2.45, 2.75) is 96.8 Å². The molecule has 46 heavy (non-hydrogen) atoms. The first-order valence-electron chi connectivity index (χ1n) is 16.7. The highest BCUT2D eigenvalue weighted by molar-refractivity contribution is 7.92. The number of sulfonamides is 1. The van der Waals surface area contributed by atoms with E-state index in [0.717, 1.165) is 19.3 Å². The Labute approximate surface area is 272 Å². The zero-order valence-corrected chi connectivity index (χ0v) is 27.7. The number of amides is 1.